The van der Waals surface area contributed by atoms with E-state index in [1.165, 1.54) is 25.1 Å². The summed E-state index contributed by atoms with van der Waals surface area (Å²) in [4.78, 5) is 45.7. The Balaban J connectivity index is 1.94. The van der Waals surface area contributed by atoms with Gasteiger partial charge in [0.1, 0.15) is 0 Å². The number of anilines is 1. The number of benzene rings is 2. The molecule has 0 fully saturated rings. The van der Waals surface area contributed by atoms with E-state index >= 15 is 0 Å². The maximum atomic E-state index is 12.1. The van der Waals surface area contributed by atoms with E-state index in [0.29, 0.717) is 16.8 Å². The van der Waals surface area contributed by atoms with E-state index in [1.807, 2.05) is 0 Å². The van der Waals surface area contributed by atoms with Crippen molar-refractivity contribution >= 4 is 29.2 Å². The van der Waals surface area contributed by atoms with Gasteiger partial charge >= 0.3 is 5.97 Å². The maximum Gasteiger partial charge on any atom is 0.313 e. The van der Waals surface area contributed by atoms with Crippen LogP contribution in [0.3, 0.4) is 0 Å². The van der Waals surface area contributed by atoms with E-state index in [0.717, 1.165) is 0 Å². The molecule has 0 radical (unpaired) electrons. The number of carbonyl (C=O) groups is 3. The average Bonchev–Trinajstić information content (AvgIpc) is 2.66. The van der Waals surface area contributed by atoms with Crippen LogP contribution in [0.25, 0.3) is 0 Å². The molecule has 0 aliphatic carbocycles. The molecule has 0 unspecified atom stereocenters. The molecule has 0 aliphatic heterocycles. The van der Waals surface area contributed by atoms with Gasteiger partial charge < -0.3 is 15.7 Å². The summed E-state index contributed by atoms with van der Waals surface area (Å²) in [6, 6.07) is 10.3. The number of rotatable bonds is 7. The number of hydrogen-bond donors (Lipinski definition) is 3. The van der Waals surface area contributed by atoms with Crippen molar-refractivity contribution in [1.82, 2.24) is 5.32 Å². The van der Waals surface area contributed by atoms with Crippen LogP contribution in [0, 0.1) is 17.0 Å². The van der Waals surface area contributed by atoms with Crippen LogP contribution in [0.4, 0.5) is 11.4 Å². The number of amides is 2. The van der Waals surface area contributed by atoms with Gasteiger partial charge in [-0.15, -0.1) is 0 Å². The third kappa shape index (κ3) is 5.16. The van der Waals surface area contributed by atoms with E-state index in [-0.39, 0.29) is 17.8 Å². The highest BCUT2D eigenvalue weighted by Crippen LogP contribution is 2.24. The van der Waals surface area contributed by atoms with Gasteiger partial charge in [-0.2, -0.15) is 0 Å². The summed E-state index contributed by atoms with van der Waals surface area (Å²) in [5, 5.41) is 25.1. The molecule has 152 valence electrons. The normalized spacial score (nSPS) is 10.9. The number of carboxylic acids is 1. The zero-order valence-electron chi connectivity index (χ0n) is 16.2. The monoisotopic (exact) mass is 399 g/mol. The Kier molecular flexibility index (Phi) is 6.32. The molecule has 0 bridgehead atoms. The Morgan fingerprint density at radius 2 is 1.72 bits per heavy atom. The third-order valence-electron chi connectivity index (χ3n) is 4.49. The van der Waals surface area contributed by atoms with E-state index in [1.54, 1.807) is 38.1 Å². The molecular weight excluding hydrogens is 378 g/mol. The largest absolute Gasteiger partial charge is 0.481 e. The Morgan fingerprint density at radius 3 is 2.24 bits per heavy atom. The Hall–Kier alpha value is -3.75. The molecule has 2 aromatic carbocycles. The van der Waals surface area contributed by atoms with Crippen LogP contribution < -0.4 is 10.6 Å². The highest BCUT2D eigenvalue weighted by atomic mass is 16.6. The lowest BCUT2D eigenvalue weighted by Gasteiger charge is -2.19. The average molecular weight is 399 g/mol. The van der Waals surface area contributed by atoms with Crippen molar-refractivity contribution in [3.8, 4) is 0 Å². The van der Waals surface area contributed by atoms with Gasteiger partial charge in [-0.1, -0.05) is 12.1 Å². The summed E-state index contributed by atoms with van der Waals surface area (Å²) in [5.74, 6) is -1.96. The molecule has 0 saturated carbocycles. The van der Waals surface area contributed by atoms with Gasteiger partial charge in [0, 0.05) is 22.9 Å². The minimum Gasteiger partial charge on any atom is -0.481 e. The van der Waals surface area contributed by atoms with Crippen LogP contribution in [0.1, 0.15) is 35.3 Å². The van der Waals surface area contributed by atoms with Crippen molar-refractivity contribution in [2.24, 2.45) is 0 Å². The van der Waals surface area contributed by atoms with Crippen LogP contribution in [-0.4, -0.2) is 34.4 Å². The number of hydrogen-bond acceptors (Lipinski definition) is 5. The topological polar surface area (TPSA) is 139 Å². The standard InChI is InChI=1S/C20H21N3O6/c1-12-10-13(4-9-16(12)23(28)29)18(25)21-11-17(24)22-15-7-5-14(6-8-15)20(2,3)19(26)27/h4-10H,11H2,1-3H3,(H,21,25)(H,22,24)(H,26,27). The first-order valence-corrected chi connectivity index (χ1v) is 8.69. The van der Waals surface area contributed by atoms with Crippen molar-refractivity contribution in [3.63, 3.8) is 0 Å². The molecular formula is C20H21N3O6. The fraction of sp³-hybridized carbons (Fsp3) is 0.250. The van der Waals surface area contributed by atoms with E-state index < -0.39 is 28.1 Å². The van der Waals surface area contributed by atoms with Crippen LogP contribution in [0.5, 0.6) is 0 Å². The van der Waals surface area contributed by atoms with Gasteiger partial charge in [0.05, 0.1) is 16.9 Å². The lowest BCUT2D eigenvalue weighted by Crippen LogP contribution is -2.33. The van der Waals surface area contributed by atoms with Crippen molar-refractivity contribution in [3.05, 3.63) is 69.3 Å². The summed E-state index contributed by atoms with van der Waals surface area (Å²) < 4.78 is 0. The Bertz CT molecular complexity index is 967. The summed E-state index contributed by atoms with van der Waals surface area (Å²) >= 11 is 0. The number of carboxylic acid groups (broad SMARTS) is 1. The first-order chi connectivity index (χ1) is 13.5. The highest BCUT2D eigenvalue weighted by molar-refractivity contribution is 5.99. The number of carbonyl (C=O) groups excluding carboxylic acids is 2. The van der Waals surface area contributed by atoms with Crippen LogP contribution in [0.2, 0.25) is 0 Å². The van der Waals surface area contributed by atoms with E-state index in [9.17, 15) is 29.6 Å². The second-order valence-electron chi connectivity index (χ2n) is 7.00. The molecule has 29 heavy (non-hydrogen) atoms. The van der Waals surface area contributed by atoms with Crippen molar-refractivity contribution in [2.75, 3.05) is 11.9 Å². The number of aliphatic carboxylic acids is 1. The van der Waals surface area contributed by atoms with Crippen molar-refractivity contribution in [1.29, 1.82) is 0 Å². The number of nitrogens with one attached hydrogen (secondary N) is 2. The molecule has 2 amide bonds. The fourth-order valence-corrected chi connectivity index (χ4v) is 2.56. The third-order valence-corrected chi connectivity index (χ3v) is 4.49. The maximum absolute atomic E-state index is 12.1. The molecule has 2 aromatic rings. The second kappa shape index (κ2) is 8.51. The SMILES string of the molecule is Cc1cc(C(=O)NCC(=O)Nc2ccc(C(C)(C)C(=O)O)cc2)ccc1[N+](=O)[O-]. The molecule has 9 nitrogen and oxygen atoms in total. The number of nitrogens with zero attached hydrogens (tertiary/aromatic N) is 1. The first kappa shape index (κ1) is 21.5. The summed E-state index contributed by atoms with van der Waals surface area (Å²) in [7, 11) is 0. The Labute approximate surface area is 166 Å². The number of aryl methyl sites for hydroxylation is 1. The van der Waals surface area contributed by atoms with Gasteiger partial charge in [-0.05, 0) is 50.6 Å². The molecule has 3 N–H and O–H groups in total. The molecule has 2 rings (SSSR count). The molecule has 0 spiro atoms. The van der Waals surface area contributed by atoms with Gasteiger partial charge in [-0.3, -0.25) is 24.5 Å². The zero-order chi connectivity index (χ0) is 21.8. The van der Waals surface area contributed by atoms with E-state index in [2.05, 4.69) is 10.6 Å². The molecule has 0 aliphatic rings. The quantitative estimate of drug-likeness (QED) is 0.483. The predicted octanol–water partition coefficient (Wildman–Crippen LogP) is 2.63. The number of nitro groups is 1. The molecule has 0 saturated heterocycles. The molecule has 0 atom stereocenters. The summed E-state index contributed by atoms with van der Waals surface area (Å²) in [5.41, 5.74) is 0.455. The first-order valence-electron chi connectivity index (χ1n) is 8.69. The van der Waals surface area contributed by atoms with Crippen LogP contribution >= 0.6 is 0 Å². The highest BCUT2D eigenvalue weighted by Gasteiger charge is 2.29. The minimum absolute atomic E-state index is 0.0891. The van der Waals surface area contributed by atoms with Crippen LogP contribution in [-0.2, 0) is 15.0 Å². The lowest BCUT2D eigenvalue weighted by atomic mass is 9.85. The van der Waals surface area contributed by atoms with Gasteiger partial charge in [0.2, 0.25) is 5.91 Å². The predicted molar refractivity (Wildman–Crippen MR) is 106 cm³/mol. The summed E-state index contributed by atoms with van der Waals surface area (Å²) in [6.45, 7) is 4.39. The van der Waals surface area contributed by atoms with Crippen molar-refractivity contribution < 1.29 is 24.4 Å². The van der Waals surface area contributed by atoms with Crippen molar-refractivity contribution in [2.45, 2.75) is 26.2 Å². The van der Waals surface area contributed by atoms with Gasteiger partial charge in [0.15, 0.2) is 0 Å². The fourth-order valence-electron chi connectivity index (χ4n) is 2.56. The van der Waals surface area contributed by atoms with Gasteiger partial charge in [0.25, 0.3) is 11.6 Å². The molecule has 0 aromatic heterocycles. The molecule has 9 heteroatoms. The number of nitro benzene ring substituents is 1. The lowest BCUT2D eigenvalue weighted by molar-refractivity contribution is -0.385. The zero-order valence-corrected chi connectivity index (χ0v) is 16.2. The smallest absolute Gasteiger partial charge is 0.313 e. The second-order valence-corrected chi connectivity index (χ2v) is 7.00. The Morgan fingerprint density at radius 1 is 1.10 bits per heavy atom. The minimum atomic E-state index is -1.06. The van der Waals surface area contributed by atoms with Gasteiger partial charge in [-0.25, -0.2) is 0 Å². The molecule has 0 heterocycles. The summed E-state index contributed by atoms with van der Waals surface area (Å²) in [6.07, 6.45) is 0. The van der Waals surface area contributed by atoms with Crippen LogP contribution in [0.15, 0.2) is 42.5 Å². The van der Waals surface area contributed by atoms with E-state index in [4.69, 9.17) is 0 Å².